The minimum atomic E-state index is -0.477. The number of benzene rings is 3. The van der Waals surface area contributed by atoms with Gasteiger partial charge in [-0.15, -0.1) is 0 Å². The van der Waals surface area contributed by atoms with E-state index in [9.17, 15) is 14.0 Å². The molecule has 3 aromatic carbocycles. The lowest BCUT2D eigenvalue weighted by Gasteiger charge is -2.13. The average molecular weight is 518 g/mol. The molecule has 1 heterocycles. The molecule has 0 bridgehead atoms. The van der Waals surface area contributed by atoms with Crippen LogP contribution in [0.4, 0.5) is 9.18 Å². The summed E-state index contributed by atoms with van der Waals surface area (Å²) in [6, 6.07) is 16.3. The van der Waals surface area contributed by atoms with Crippen LogP contribution < -0.4 is 9.47 Å². The molecule has 174 valence electrons. The molecule has 9 heteroatoms. The lowest BCUT2D eigenvalue weighted by molar-refractivity contribution is -0.123. The molecule has 1 saturated heterocycles. The molecule has 1 aliphatic rings. The molecular formula is C25H18Cl2FNO4S. The number of nitrogens with zero attached hydrogens (tertiary/aromatic N) is 1. The second-order valence-corrected chi connectivity index (χ2v) is 9.13. The minimum Gasteiger partial charge on any atom is -0.493 e. The zero-order chi connectivity index (χ0) is 24.2. The highest BCUT2D eigenvalue weighted by Crippen LogP contribution is 2.36. The SMILES string of the molecule is COc1cc(/C=C2/SC(=O)N(Cc3ccccc3F)C2=O)ccc1OCc1ccc(Cl)cc1Cl. The van der Waals surface area contributed by atoms with E-state index in [1.165, 1.54) is 13.2 Å². The van der Waals surface area contributed by atoms with Crippen LogP contribution in [0.2, 0.25) is 10.0 Å². The Morgan fingerprint density at radius 1 is 1.00 bits per heavy atom. The molecule has 0 saturated carbocycles. The third kappa shape index (κ3) is 5.38. The molecule has 0 radical (unpaired) electrons. The van der Waals surface area contributed by atoms with E-state index < -0.39 is 17.0 Å². The van der Waals surface area contributed by atoms with Crippen molar-refractivity contribution in [2.45, 2.75) is 13.2 Å². The van der Waals surface area contributed by atoms with Crippen molar-refractivity contribution in [1.29, 1.82) is 0 Å². The summed E-state index contributed by atoms with van der Waals surface area (Å²) in [5, 5.41) is 0.578. The minimum absolute atomic E-state index is 0.127. The highest BCUT2D eigenvalue weighted by atomic mass is 35.5. The summed E-state index contributed by atoms with van der Waals surface area (Å²) in [6.07, 6.45) is 1.59. The monoisotopic (exact) mass is 517 g/mol. The van der Waals surface area contributed by atoms with Gasteiger partial charge in [0, 0.05) is 21.2 Å². The van der Waals surface area contributed by atoms with Gasteiger partial charge in [0.25, 0.3) is 11.1 Å². The van der Waals surface area contributed by atoms with Crippen molar-refractivity contribution in [2.75, 3.05) is 7.11 Å². The largest absolute Gasteiger partial charge is 0.493 e. The first-order chi connectivity index (χ1) is 16.4. The Morgan fingerprint density at radius 2 is 1.79 bits per heavy atom. The van der Waals surface area contributed by atoms with Gasteiger partial charge in [-0.05, 0) is 53.7 Å². The fourth-order valence-corrected chi connectivity index (χ4v) is 4.57. The smallest absolute Gasteiger partial charge is 0.293 e. The second-order valence-electron chi connectivity index (χ2n) is 7.29. The number of hydrogen-bond acceptors (Lipinski definition) is 5. The van der Waals surface area contributed by atoms with Gasteiger partial charge in [0.1, 0.15) is 12.4 Å². The molecule has 34 heavy (non-hydrogen) atoms. The molecule has 0 unspecified atom stereocenters. The van der Waals surface area contributed by atoms with Crippen LogP contribution in [0.5, 0.6) is 11.5 Å². The normalized spacial score (nSPS) is 14.7. The van der Waals surface area contributed by atoms with E-state index in [4.69, 9.17) is 32.7 Å². The summed E-state index contributed by atoms with van der Waals surface area (Å²) >= 11 is 12.9. The predicted molar refractivity (Wildman–Crippen MR) is 132 cm³/mol. The summed E-state index contributed by atoms with van der Waals surface area (Å²) in [7, 11) is 1.50. The van der Waals surface area contributed by atoms with Gasteiger partial charge < -0.3 is 9.47 Å². The Hall–Kier alpha value is -3.00. The van der Waals surface area contributed by atoms with Gasteiger partial charge in [0.15, 0.2) is 11.5 Å². The third-order valence-electron chi connectivity index (χ3n) is 5.04. The maximum Gasteiger partial charge on any atom is 0.293 e. The molecule has 1 fully saturated rings. The maximum absolute atomic E-state index is 14.0. The molecule has 2 amide bonds. The molecule has 3 aromatic rings. The Kier molecular flexibility index (Phi) is 7.46. The van der Waals surface area contributed by atoms with Crippen molar-refractivity contribution in [3.63, 3.8) is 0 Å². The third-order valence-corrected chi connectivity index (χ3v) is 6.54. The number of ether oxygens (including phenoxy) is 2. The quantitative estimate of drug-likeness (QED) is 0.317. The lowest BCUT2D eigenvalue weighted by atomic mass is 10.1. The fraction of sp³-hybridized carbons (Fsp3) is 0.120. The summed E-state index contributed by atoms with van der Waals surface area (Å²) in [5.41, 5.74) is 1.68. The van der Waals surface area contributed by atoms with Gasteiger partial charge >= 0.3 is 0 Å². The Labute approximate surface area is 210 Å². The highest BCUT2D eigenvalue weighted by Gasteiger charge is 2.35. The number of rotatable bonds is 7. The summed E-state index contributed by atoms with van der Waals surface area (Å²) in [4.78, 5) is 26.4. The van der Waals surface area contributed by atoms with Gasteiger partial charge in [-0.25, -0.2) is 4.39 Å². The molecule has 0 aromatic heterocycles. The summed E-state index contributed by atoms with van der Waals surface area (Å²) < 4.78 is 25.2. The van der Waals surface area contributed by atoms with Crippen LogP contribution in [0.1, 0.15) is 16.7 Å². The van der Waals surface area contributed by atoms with Crippen LogP contribution in [0.3, 0.4) is 0 Å². The van der Waals surface area contributed by atoms with Gasteiger partial charge in [-0.1, -0.05) is 53.5 Å². The average Bonchev–Trinajstić information content (AvgIpc) is 3.07. The van der Waals surface area contributed by atoms with Crippen molar-refractivity contribution in [2.24, 2.45) is 0 Å². The van der Waals surface area contributed by atoms with E-state index >= 15 is 0 Å². The van der Waals surface area contributed by atoms with Gasteiger partial charge in [0.2, 0.25) is 0 Å². The zero-order valence-electron chi connectivity index (χ0n) is 17.9. The van der Waals surface area contributed by atoms with E-state index in [1.54, 1.807) is 60.7 Å². The van der Waals surface area contributed by atoms with Crippen molar-refractivity contribution < 1.29 is 23.5 Å². The van der Waals surface area contributed by atoms with Gasteiger partial charge in [0.05, 0.1) is 18.6 Å². The van der Waals surface area contributed by atoms with Crippen LogP contribution in [0.25, 0.3) is 6.08 Å². The molecular weight excluding hydrogens is 500 g/mol. The van der Waals surface area contributed by atoms with Crippen molar-refractivity contribution in [3.8, 4) is 11.5 Å². The first-order valence-corrected chi connectivity index (χ1v) is 11.7. The first kappa shape index (κ1) is 24.1. The van der Waals surface area contributed by atoms with E-state index in [0.29, 0.717) is 27.1 Å². The van der Waals surface area contributed by atoms with Gasteiger partial charge in [-0.3, -0.25) is 14.5 Å². The van der Waals surface area contributed by atoms with E-state index in [0.717, 1.165) is 22.2 Å². The number of thioether (sulfide) groups is 1. The first-order valence-electron chi connectivity index (χ1n) is 10.1. The maximum atomic E-state index is 14.0. The number of hydrogen-bond donors (Lipinski definition) is 0. The number of methoxy groups -OCH3 is 1. The van der Waals surface area contributed by atoms with Crippen LogP contribution in [-0.2, 0) is 17.9 Å². The van der Waals surface area contributed by atoms with Crippen LogP contribution in [0, 0.1) is 5.82 Å². The molecule has 0 atom stereocenters. The number of halogens is 3. The number of carbonyl (C=O) groups is 2. The molecule has 0 spiro atoms. The standard InChI is InChI=1S/C25H18Cl2FNO4S/c1-32-22-10-15(6-9-21(22)33-14-17-7-8-18(26)12-19(17)27)11-23-24(30)29(25(31)34-23)13-16-4-2-3-5-20(16)28/h2-12H,13-14H2,1H3/b23-11+. The van der Waals surface area contributed by atoms with Crippen molar-refractivity contribution in [1.82, 2.24) is 4.90 Å². The van der Waals surface area contributed by atoms with Crippen molar-refractivity contribution in [3.05, 3.63) is 98.1 Å². The molecule has 0 aliphatic carbocycles. The van der Waals surface area contributed by atoms with Crippen LogP contribution >= 0.6 is 35.0 Å². The predicted octanol–water partition coefficient (Wildman–Crippen LogP) is 6.96. The topological polar surface area (TPSA) is 55.8 Å². The lowest BCUT2D eigenvalue weighted by Crippen LogP contribution is -2.27. The van der Waals surface area contributed by atoms with Crippen LogP contribution in [-0.4, -0.2) is 23.2 Å². The molecule has 5 nitrogen and oxygen atoms in total. The highest BCUT2D eigenvalue weighted by molar-refractivity contribution is 8.18. The van der Waals surface area contributed by atoms with E-state index in [1.807, 2.05) is 0 Å². The molecule has 1 aliphatic heterocycles. The molecule has 4 rings (SSSR count). The Bertz CT molecular complexity index is 1300. The van der Waals surface area contributed by atoms with E-state index in [2.05, 4.69) is 0 Å². The Balaban J connectivity index is 1.50. The number of amides is 2. The van der Waals surface area contributed by atoms with Crippen molar-refractivity contribution >= 4 is 52.2 Å². The number of imide groups is 1. The van der Waals surface area contributed by atoms with Gasteiger partial charge in [-0.2, -0.15) is 0 Å². The molecule has 0 N–H and O–H groups in total. The van der Waals surface area contributed by atoms with Crippen LogP contribution in [0.15, 0.2) is 65.6 Å². The summed E-state index contributed by atoms with van der Waals surface area (Å²) in [6.45, 7) is 0.0820. The second kappa shape index (κ2) is 10.5. The van der Waals surface area contributed by atoms with E-state index in [-0.39, 0.29) is 23.6 Å². The fourth-order valence-electron chi connectivity index (χ4n) is 3.27. The zero-order valence-corrected chi connectivity index (χ0v) is 20.2. The Morgan fingerprint density at radius 3 is 2.53 bits per heavy atom. The number of carbonyl (C=O) groups excluding carboxylic acids is 2. The summed E-state index contributed by atoms with van der Waals surface area (Å²) in [5.74, 6) is -0.0107.